The van der Waals surface area contributed by atoms with Crippen LogP contribution in [0.25, 0.3) is 0 Å². The SMILES string of the molecule is CCNC(=S)N1CCC([C@@H](NC(=O)c2ccccc2)C(=O)N2CCCCC2)CC1. The standard InChI is InChI=1S/C22H32N4O2S/c1-2-23-22(29)26-15-11-17(12-16-26)19(21(28)25-13-7-4-8-14-25)24-20(27)18-9-5-3-6-10-18/h3,5-6,9-10,17,19H,2,4,7-8,11-16H2,1H3,(H,23,29)(H,24,27)/t19-/m1/s1. The van der Waals surface area contributed by atoms with Crippen molar-refractivity contribution in [2.45, 2.75) is 45.1 Å². The van der Waals surface area contributed by atoms with Gasteiger partial charge >= 0.3 is 0 Å². The molecule has 0 spiro atoms. The summed E-state index contributed by atoms with van der Waals surface area (Å²) in [6, 6.07) is 8.67. The Morgan fingerprint density at radius 3 is 2.31 bits per heavy atom. The fourth-order valence-electron chi connectivity index (χ4n) is 4.21. The van der Waals surface area contributed by atoms with Gasteiger partial charge in [0.2, 0.25) is 5.91 Å². The van der Waals surface area contributed by atoms with Crippen molar-refractivity contribution >= 4 is 29.1 Å². The molecule has 7 heteroatoms. The summed E-state index contributed by atoms with van der Waals surface area (Å²) < 4.78 is 0. The van der Waals surface area contributed by atoms with E-state index in [1.165, 1.54) is 6.42 Å². The average Bonchev–Trinajstić information content (AvgIpc) is 2.78. The van der Waals surface area contributed by atoms with Crippen LogP contribution in [0, 0.1) is 5.92 Å². The lowest BCUT2D eigenvalue weighted by atomic mass is 9.88. The quantitative estimate of drug-likeness (QED) is 0.722. The maximum Gasteiger partial charge on any atom is 0.251 e. The Labute approximate surface area is 179 Å². The number of likely N-dealkylation sites (tertiary alicyclic amines) is 2. The molecular formula is C22H32N4O2S. The summed E-state index contributed by atoms with van der Waals surface area (Å²) in [7, 11) is 0. The summed E-state index contributed by atoms with van der Waals surface area (Å²) in [4.78, 5) is 30.3. The lowest BCUT2D eigenvalue weighted by Crippen LogP contribution is -2.56. The smallest absolute Gasteiger partial charge is 0.251 e. The van der Waals surface area contributed by atoms with Crippen molar-refractivity contribution in [2.75, 3.05) is 32.7 Å². The van der Waals surface area contributed by atoms with E-state index in [0.29, 0.717) is 5.56 Å². The highest BCUT2D eigenvalue weighted by molar-refractivity contribution is 7.80. The molecule has 2 heterocycles. The number of nitrogens with zero attached hydrogens (tertiary/aromatic N) is 2. The average molecular weight is 417 g/mol. The monoisotopic (exact) mass is 416 g/mol. The molecule has 0 aromatic heterocycles. The first-order valence-corrected chi connectivity index (χ1v) is 11.2. The highest BCUT2D eigenvalue weighted by Gasteiger charge is 2.36. The molecule has 3 rings (SSSR count). The minimum absolute atomic E-state index is 0.0710. The molecular weight excluding hydrogens is 384 g/mol. The first kappa shape index (κ1) is 21.6. The first-order valence-electron chi connectivity index (χ1n) is 10.8. The van der Waals surface area contributed by atoms with E-state index in [1.807, 2.05) is 30.0 Å². The van der Waals surface area contributed by atoms with E-state index in [2.05, 4.69) is 15.5 Å². The molecule has 2 aliphatic rings. The Morgan fingerprint density at radius 2 is 1.69 bits per heavy atom. The summed E-state index contributed by atoms with van der Waals surface area (Å²) in [5.74, 6) is 0.0195. The molecule has 6 nitrogen and oxygen atoms in total. The van der Waals surface area contributed by atoms with Gasteiger partial charge in [-0.25, -0.2) is 0 Å². The Balaban J connectivity index is 1.70. The van der Waals surface area contributed by atoms with Crippen LogP contribution in [0.2, 0.25) is 0 Å². The summed E-state index contributed by atoms with van der Waals surface area (Å²) in [5, 5.41) is 7.05. The van der Waals surface area contributed by atoms with Gasteiger partial charge in [0.15, 0.2) is 5.11 Å². The summed E-state index contributed by atoms with van der Waals surface area (Å²) in [6.45, 7) is 6.04. The van der Waals surface area contributed by atoms with Gasteiger partial charge in [-0.2, -0.15) is 0 Å². The highest BCUT2D eigenvalue weighted by atomic mass is 32.1. The zero-order valence-corrected chi connectivity index (χ0v) is 18.0. The molecule has 0 radical (unpaired) electrons. The zero-order chi connectivity index (χ0) is 20.6. The zero-order valence-electron chi connectivity index (χ0n) is 17.2. The number of thiocarbonyl (C=S) groups is 1. The Hall–Kier alpha value is -2.15. The highest BCUT2D eigenvalue weighted by Crippen LogP contribution is 2.24. The van der Waals surface area contributed by atoms with Crippen LogP contribution in [0.1, 0.15) is 49.4 Å². The normalized spacial score (nSPS) is 18.8. The molecule has 1 aromatic carbocycles. The topological polar surface area (TPSA) is 64.7 Å². The van der Waals surface area contributed by atoms with Crippen molar-refractivity contribution in [2.24, 2.45) is 5.92 Å². The number of amides is 2. The Bertz CT molecular complexity index is 698. The molecule has 158 valence electrons. The van der Waals surface area contributed by atoms with Gasteiger partial charge in [0, 0.05) is 38.3 Å². The predicted octanol–water partition coefficient (Wildman–Crippen LogP) is 2.40. The molecule has 0 unspecified atom stereocenters. The van der Waals surface area contributed by atoms with Crippen LogP contribution >= 0.6 is 12.2 Å². The molecule has 2 aliphatic heterocycles. The van der Waals surface area contributed by atoms with Crippen molar-refractivity contribution in [3.63, 3.8) is 0 Å². The number of carbonyl (C=O) groups is 2. The fourth-order valence-corrected chi connectivity index (χ4v) is 4.53. The van der Waals surface area contributed by atoms with Crippen LogP contribution in [0.3, 0.4) is 0 Å². The number of hydrogen-bond acceptors (Lipinski definition) is 3. The maximum atomic E-state index is 13.3. The second-order valence-corrected chi connectivity index (χ2v) is 8.25. The van der Waals surface area contributed by atoms with Gasteiger partial charge in [-0.15, -0.1) is 0 Å². The van der Waals surface area contributed by atoms with E-state index in [4.69, 9.17) is 12.2 Å². The number of hydrogen-bond donors (Lipinski definition) is 2. The summed E-state index contributed by atoms with van der Waals surface area (Å²) >= 11 is 5.44. The van der Waals surface area contributed by atoms with Crippen LogP contribution in [-0.2, 0) is 4.79 Å². The Kier molecular flexibility index (Phi) is 7.86. The van der Waals surface area contributed by atoms with Gasteiger partial charge in [0.25, 0.3) is 5.91 Å². The van der Waals surface area contributed by atoms with Crippen molar-refractivity contribution in [1.29, 1.82) is 0 Å². The van der Waals surface area contributed by atoms with E-state index in [-0.39, 0.29) is 17.7 Å². The molecule has 0 aliphatic carbocycles. The number of benzene rings is 1. The lowest BCUT2D eigenvalue weighted by Gasteiger charge is -2.39. The van der Waals surface area contributed by atoms with E-state index < -0.39 is 6.04 Å². The maximum absolute atomic E-state index is 13.3. The molecule has 2 fully saturated rings. The van der Waals surface area contributed by atoms with Crippen LogP contribution < -0.4 is 10.6 Å². The Morgan fingerprint density at radius 1 is 1.03 bits per heavy atom. The molecule has 2 N–H and O–H groups in total. The summed E-state index contributed by atoms with van der Waals surface area (Å²) in [6.07, 6.45) is 4.93. The minimum atomic E-state index is -0.476. The summed E-state index contributed by atoms with van der Waals surface area (Å²) in [5.41, 5.74) is 0.592. The molecule has 1 aromatic rings. The number of nitrogens with one attached hydrogen (secondary N) is 2. The third kappa shape index (κ3) is 5.69. The van der Waals surface area contributed by atoms with Gasteiger partial charge in [-0.05, 0) is 69.3 Å². The minimum Gasteiger partial charge on any atom is -0.363 e. The molecule has 2 saturated heterocycles. The van der Waals surface area contributed by atoms with Gasteiger partial charge in [-0.1, -0.05) is 18.2 Å². The van der Waals surface area contributed by atoms with Crippen LogP contribution in [-0.4, -0.2) is 65.5 Å². The number of carbonyl (C=O) groups excluding carboxylic acids is 2. The van der Waals surface area contributed by atoms with E-state index in [9.17, 15) is 9.59 Å². The molecule has 0 bridgehead atoms. The van der Waals surface area contributed by atoms with Crippen molar-refractivity contribution in [3.8, 4) is 0 Å². The van der Waals surface area contributed by atoms with Crippen molar-refractivity contribution in [1.82, 2.24) is 20.4 Å². The van der Waals surface area contributed by atoms with E-state index in [0.717, 1.165) is 63.5 Å². The van der Waals surface area contributed by atoms with Crippen LogP contribution in [0.4, 0.5) is 0 Å². The number of rotatable bonds is 5. The second kappa shape index (κ2) is 10.6. The van der Waals surface area contributed by atoms with Gasteiger partial charge in [-0.3, -0.25) is 9.59 Å². The molecule has 1 atom stereocenters. The van der Waals surface area contributed by atoms with Crippen molar-refractivity contribution in [3.05, 3.63) is 35.9 Å². The first-order chi connectivity index (χ1) is 14.1. The van der Waals surface area contributed by atoms with Crippen molar-refractivity contribution < 1.29 is 9.59 Å². The lowest BCUT2D eigenvalue weighted by molar-refractivity contribution is -0.136. The molecule has 0 saturated carbocycles. The third-order valence-electron chi connectivity index (χ3n) is 5.88. The van der Waals surface area contributed by atoms with Crippen LogP contribution in [0.15, 0.2) is 30.3 Å². The predicted molar refractivity (Wildman–Crippen MR) is 119 cm³/mol. The third-order valence-corrected chi connectivity index (χ3v) is 6.29. The van der Waals surface area contributed by atoms with Gasteiger partial charge < -0.3 is 20.4 Å². The van der Waals surface area contributed by atoms with E-state index in [1.54, 1.807) is 12.1 Å². The molecule has 29 heavy (non-hydrogen) atoms. The van der Waals surface area contributed by atoms with Crippen LogP contribution in [0.5, 0.6) is 0 Å². The van der Waals surface area contributed by atoms with Gasteiger partial charge in [0.05, 0.1) is 0 Å². The van der Waals surface area contributed by atoms with E-state index >= 15 is 0 Å². The second-order valence-electron chi connectivity index (χ2n) is 7.86. The van der Waals surface area contributed by atoms with Gasteiger partial charge in [0.1, 0.15) is 6.04 Å². The fraction of sp³-hybridized carbons (Fsp3) is 0.591. The largest absolute Gasteiger partial charge is 0.363 e. The molecule has 2 amide bonds. The number of piperidine rings is 2.